The number of halogens is 1. The first-order valence-corrected chi connectivity index (χ1v) is 11.9. The Morgan fingerprint density at radius 3 is 2.53 bits per heavy atom. The molecule has 5 nitrogen and oxygen atoms in total. The van der Waals surface area contributed by atoms with Crippen LogP contribution in [-0.2, 0) is 10.0 Å². The van der Waals surface area contributed by atoms with Crippen LogP contribution in [0.25, 0.3) is 21.7 Å². The second-order valence-electron chi connectivity index (χ2n) is 6.91. The summed E-state index contributed by atoms with van der Waals surface area (Å²) in [7, 11) is -3.94. The van der Waals surface area contributed by atoms with E-state index in [0.29, 0.717) is 33.8 Å². The molecule has 0 saturated carbocycles. The number of aromatic nitrogens is 1. The molecule has 0 atom stereocenters. The summed E-state index contributed by atoms with van der Waals surface area (Å²) in [6.45, 7) is 0. The van der Waals surface area contributed by atoms with Gasteiger partial charge in [-0.2, -0.15) is 5.26 Å². The first-order chi connectivity index (χ1) is 14.5. The number of hydrogen-bond acceptors (Lipinski definition) is 4. The minimum Gasteiger partial charge on any atom is -0.294 e. The molecule has 1 aromatic heterocycles. The van der Waals surface area contributed by atoms with E-state index in [9.17, 15) is 18.5 Å². The summed E-state index contributed by atoms with van der Waals surface area (Å²) in [5.74, 6) is -0.151. The van der Waals surface area contributed by atoms with E-state index in [0.717, 1.165) is 14.7 Å². The molecule has 1 heterocycles. The monoisotopic (exact) mass is 480 g/mol. The maximum Gasteiger partial charge on any atom is 0.268 e. The van der Waals surface area contributed by atoms with Crippen molar-refractivity contribution >= 4 is 53.4 Å². The lowest BCUT2D eigenvalue weighted by atomic mass is 10.0. The summed E-state index contributed by atoms with van der Waals surface area (Å²) in [6.07, 6.45) is 2.31. The Kier molecular flexibility index (Phi) is 5.46. The topological polar surface area (TPSA) is 79.9 Å². The number of nitrogens with zero attached hydrogens (tertiary/aromatic N) is 2. The van der Waals surface area contributed by atoms with Crippen molar-refractivity contribution < 1.29 is 13.2 Å². The second kappa shape index (κ2) is 8.05. The van der Waals surface area contributed by atoms with Crippen LogP contribution in [-0.4, -0.2) is 23.5 Å². The number of rotatable bonds is 6. The molecule has 150 valence electrons. The SMILES string of the molecule is N#Cc1ccc2c(c1)c(C(=O)CCCBr)cn2S(=O)(=O)c1ccc2ccccc2c1. The van der Waals surface area contributed by atoms with Crippen molar-refractivity contribution in [3.05, 3.63) is 78.0 Å². The Labute approximate surface area is 182 Å². The number of nitriles is 1. The summed E-state index contributed by atoms with van der Waals surface area (Å²) in [4.78, 5) is 12.9. The first-order valence-electron chi connectivity index (χ1n) is 9.34. The highest BCUT2D eigenvalue weighted by molar-refractivity contribution is 9.09. The van der Waals surface area contributed by atoms with Gasteiger partial charge in [-0.1, -0.05) is 46.3 Å². The fourth-order valence-electron chi connectivity index (χ4n) is 3.49. The summed E-state index contributed by atoms with van der Waals surface area (Å²) >= 11 is 3.31. The van der Waals surface area contributed by atoms with Crippen molar-refractivity contribution in [2.24, 2.45) is 0 Å². The molecule has 0 aliphatic carbocycles. The third kappa shape index (κ3) is 3.53. The van der Waals surface area contributed by atoms with Gasteiger partial charge < -0.3 is 0 Å². The molecular weight excluding hydrogens is 464 g/mol. The van der Waals surface area contributed by atoms with E-state index in [1.165, 1.54) is 6.20 Å². The van der Waals surface area contributed by atoms with Crippen LogP contribution >= 0.6 is 15.9 Å². The summed E-state index contributed by atoms with van der Waals surface area (Å²) in [5.41, 5.74) is 1.06. The first kappa shape index (κ1) is 20.3. The predicted octanol–water partition coefficient (Wildman–Crippen LogP) is 5.26. The smallest absolute Gasteiger partial charge is 0.268 e. The van der Waals surface area contributed by atoms with Gasteiger partial charge in [-0.25, -0.2) is 12.4 Å². The minimum atomic E-state index is -3.94. The molecule has 0 spiro atoms. The average molecular weight is 481 g/mol. The lowest BCUT2D eigenvalue weighted by Gasteiger charge is -2.09. The molecule has 0 saturated heterocycles. The van der Waals surface area contributed by atoms with E-state index >= 15 is 0 Å². The highest BCUT2D eigenvalue weighted by Gasteiger charge is 2.24. The van der Waals surface area contributed by atoms with Crippen molar-refractivity contribution in [1.82, 2.24) is 3.97 Å². The van der Waals surface area contributed by atoms with Crippen LogP contribution < -0.4 is 0 Å². The third-order valence-electron chi connectivity index (χ3n) is 5.02. The fraction of sp³-hybridized carbons (Fsp3) is 0.130. The van der Waals surface area contributed by atoms with Gasteiger partial charge in [-0.3, -0.25) is 4.79 Å². The molecule has 4 rings (SSSR count). The number of benzene rings is 3. The number of carbonyl (C=O) groups excluding carboxylic acids is 1. The largest absolute Gasteiger partial charge is 0.294 e. The third-order valence-corrected chi connectivity index (χ3v) is 7.25. The molecule has 0 amide bonds. The summed E-state index contributed by atoms with van der Waals surface area (Å²) < 4.78 is 28.1. The maximum atomic E-state index is 13.5. The predicted molar refractivity (Wildman–Crippen MR) is 121 cm³/mol. The highest BCUT2D eigenvalue weighted by atomic mass is 79.9. The molecule has 7 heteroatoms. The van der Waals surface area contributed by atoms with Gasteiger partial charge in [-0.15, -0.1) is 0 Å². The molecule has 30 heavy (non-hydrogen) atoms. The number of alkyl halides is 1. The number of fused-ring (bicyclic) bond motifs is 2. The molecule has 0 fully saturated rings. The number of Topliss-reactive ketones (excluding diaryl/α,β-unsaturated/α-hetero) is 1. The molecule has 0 aliphatic rings. The Hall–Kier alpha value is -2.95. The Morgan fingerprint density at radius 1 is 1.03 bits per heavy atom. The molecule has 0 unspecified atom stereocenters. The summed E-state index contributed by atoms with van der Waals surface area (Å²) in [6, 6.07) is 19.3. The molecule has 3 aromatic carbocycles. The fourth-order valence-corrected chi connectivity index (χ4v) is 5.18. The van der Waals surface area contributed by atoms with Crippen LogP contribution in [0.5, 0.6) is 0 Å². The van der Waals surface area contributed by atoms with Gasteiger partial charge in [0.2, 0.25) is 0 Å². The van der Waals surface area contributed by atoms with E-state index < -0.39 is 10.0 Å². The van der Waals surface area contributed by atoms with Crippen molar-refractivity contribution in [3.8, 4) is 6.07 Å². The Morgan fingerprint density at radius 2 is 1.80 bits per heavy atom. The zero-order valence-electron chi connectivity index (χ0n) is 15.9. The van der Waals surface area contributed by atoms with E-state index in [2.05, 4.69) is 22.0 Å². The van der Waals surface area contributed by atoms with E-state index in [1.807, 2.05) is 24.3 Å². The zero-order chi connectivity index (χ0) is 21.3. The molecule has 0 aliphatic heterocycles. The average Bonchev–Trinajstić information content (AvgIpc) is 3.16. The van der Waals surface area contributed by atoms with Crippen LogP contribution in [0.15, 0.2) is 71.8 Å². The van der Waals surface area contributed by atoms with Crippen LogP contribution in [0.1, 0.15) is 28.8 Å². The van der Waals surface area contributed by atoms with E-state index in [1.54, 1.807) is 36.4 Å². The molecule has 0 bridgehead atoms. The van der Waals surface area contributed by atoms with Crippen molar-refractivity contribution in [3.63, 3.8) is 0 Å². The van der Waals surface area contributed by atoms with Gasteiger partial charge >= 0.3 is 0 Å². The quantitative estimate of drug-likeness (QED) is 0.278. The van der Waals surface area contributed by atoms with Crippen molar-refractivity contribution in [1.29, 1.82) is 5.26 Å². The van der Waals surface area contributed by atoms with Crippen molar-refractivity contribution in [2.75, 3.05) is 5.33 Å². The van der Waals surface area contributed by atoms with Crippen LogP contribution in [0.4, 0.5) is 0 Å². The molecule has 0 N–H and O–H groups in total. The Bertz CT molecular complexity index is 1430. The lowest BCUT2D eigenvalue weighted by Crippen LogP contribution is -2.12. The van der Waals surface area contributed by atoms with E-state index in [4.69, 9.17) is 0 Å². The van der Waals surface area contributed by atoms with Gasteiger partial charge in [0.1, 0.15) is 0 Å². The normalized spacial score (nSPS) is 11.6. The summed E-state index contributed by atoms with van der Waals surface area (Å²) in [5, 5.41) is 12.2. The van der Waals surface area contributed by atoms with E-state index in [-0.39, 0.29) is 17.1 Å². The van der Waals surface area contributed by atoms with Crippen LogP contribution in [0.3, 0.4) is 0 Å². The van der Waals surface area contributed by atoms with Gasteiger partial charge in [0.25, 0.3) is 10.0 Å². The lowest BCUT2D eigenvalue weighted by molar-refractivity contribution is 0.0983. The molecular formula is C23H17BrN2O3S. The maximum absolute atomic E-state index is 13.5. The van der Waals surface area contributed by atoms with Crippen LogP contribution in [0.2, 0.25) is 0 Å². The van der Waals surface area contributed by atoms with Gasteiger partial charge in [-0.05, 0) is 47.5 Å². The second-order valence-corrected chi connectivity index (χ2v) is 9.52. The standard InChI is InChI=1S/C23H17BrN2O3S/c24-11-3-6-23(27)21-15-26(22-10-7-16(14-25)12-20(21)22)30(28,29)19-9-8-17-4-1-2-5-18(17)13-19/h1-2,4-5,7-10,12-13,15H,3,6,11H2. The van der Waals surface area contributed by atoms with Gasteiger partial charge in [0.15, 0.2) is 5.78 Å². The highest BCUT2D eigenvalue weighted by Crippen LogP contribution is 2.29. The molecule has 0 radical (unpaired) electrons. The molecule has 4 aromatic rings. The van der Waals surface area contributed by atoms with Gasteiger partial charge in [0, 0.05) is 28.9 Å². The zero-order valence-corrected chi connectivity index (χ0v) is 18.3. The Balaban J connectivity index is 1.92. The van der Waals surface area contributed by atoms with Gasteiger partial charge in [0.05, 0.1) is 22.0 Å². The minimum absolute atomic E-state index is 0.141. The van der Waals surface area contributed by atoms with Crippen LogP contribution in [0, 0.1) is 11.3 Å². The van der Waals surface area contributed by atoms with Crippen molar-refractivity contribution in [2.45, 2.75) is 17.7 Å². The number of hydrogen-bond donors (Lipinski definition) is 0. The number of carbonyl (C=O) groups is 1. The number of ketones is 1.